The molecular weight excluding hydrogens is 168 g/mol. The number of aromatic amines is 1. The smallest absolute Gasteiger partial charge is 0.214 e. The Kier molecular flexibility index (Phi) is 1.70. The van der Waals surface area contributed by atoms with Gasteiger partial charge in [-0.3, -0.25) is 14.6 Å². The molecule has 0 aliphatic heterocycles. The van der Waals surface area contributed by atoms with Crippen LogP contribution in [0.15, 0.2) is 24.7 Å². The van der Waals surface area contributed by atoms with E-state index in [9.17, 15) is 4.79 Å². The monoisotopic (exact) mass is 176 g/mol. The third-order valence-corrected chi connectivity index (χ3v) is 1.81. The molecule has 1 N–H and O–H groups in total. The number of carbonyl (C=O) groups is 1. The van der Waals surface area contributed by atoms with Gasteiger partial charge in [0.15, 0.2) is 0 Å². The molecule has 0 unspecified atom stereocenters. The maximum atomic E-state index is 11.7. The van der Waals surface area contributed by atoms with E-state index in [1.807, 2.05) is 0 Å². The van der Waals surface area contributed by atoms with E-state index in [1.165, 1.54) is 10.9 Å². The first-order chi connectivity index (χ1) is 6.29. The molecule has 0 fully saturated rings. The van der Waals surface area contributed by atoms with Crippen molar-refractivity contribution in [2.45, 2.75) is 0 Å². The van der Waals surface area contributed by atoms with Crippen LogP contribution >= 0.6 is 0 Å². The van der Waals surface area contributed by atoms with Crippen LogP contribution in [0.5, 0.6) is 0 Å². The van der Waals surface area contributed by atoms with Crippen LogP contribution in [0.1, 0.15) is 16.1 Å². The number of nitrogens with one attached hydrogen (secondary N) is 1. The molecule has 0 saturated heterocycles. The summed E-state index contributed by atoms with van der Waals surface area (Å²) in [6.45, 7) is 0. The Balaban J connectivity index is 2.39. The number of hydrogen-bond acceptors (Lipinski definition) is 3. The molecule has 0 amide bonds. The summed E-state index contributed by atoms with van der Waals surface area (Å²) in [5.41, 5.74) is 1.10. The van der Waals surface area contributed by atoms with E-state index in [4.69, 9.17) is 0 Å². The molecule has 5 heteroatoms. The Morgan fingerprint density at radius 3 is 3.00 bits per heavy atom. The quantitative estimate of drug-likeness (QED) is 0.672. The number of hydrogen-bond donors (Lipinski definition) is 1. The van der Waals surface area contributed by atoms with Crippen LogP contribution < -0.4 is 0 Å². The van der Waals surface area contributed by atoms with Gasteiger partial charge in [0.2, 0.25) is 5.78 Å². The Bertz CT molecular complexity index is 415. The maximum Gasteiger partial charge on any atom is 0.214 e. The summed E-state index contributed by atoms with van der Waals surface area (Å²) in [6, 6.07) is 1.68. The molecule has 2 aromatic rings. The third-order valence-electron chi connectivity index (χ3n) is 1.81. The van der Waals surface area contributed by atoms with Crippen molar-refractivity contribution in [1.82, 2.24) is 20.0 Å². The normalized spacial score (nSPS) is 10.2. The summed E-state index contributed by atoms with van der Waals surface area (Å²) in [5.74, 6) is -0.0752. The van der Waals surface area contributed by atoms with Crippen molar-refractivity contribution in [3.05, 3.63) is 35.9 Å². The molecule has 2 heterocycles. The predicted molar refractivity (Wildman–Crippen MR) is 45.2 cm³/mol. The van der Waals surface area contributed by atoms with E-state index < -0.39 is 0 Å². The number of carbonyl (C=O) groups excluding carboxylic acids is 1. The summed E-state index contributed by atoms with van der Waals surface area (Å²) in [5, 5.41) is 10.2. The Morgan fingerprint density at radius 2 is 2.46 bits per heavy atom. The molecule has 0 spiro atoms. The minimum absolute atomic E-state index is 0.0752. The number of nitrogens with zero attached hydrogens (tertiary/aromatic N) is 3. The Morgan fingerprint density at radius 1 is 1.62 bits per heavy atom. The highest BCUT2D eigenvalue weighted by molar-refractivity contribution is 6.07. The molecule has 0 aliphatic carbocycles. The second kappa shape index (κ2) is 2.85. The number of rotatable bonds is 2. The van der Waals surface area contributed by atoms with Crippen LogP contribution in [0.25, 0.3) is 0 Å². The largest absolute Gasteiger partial charge is 0.287 e. The zero-order valence-corrected chi connectivity index (χ0v) is 7.06. The first-order valence-electron chi connectivity index (χ1n) is 3.80. The summed E-state index contributed by atoms with van der Waals surface area (Å²) in [6.07, 6.45) is 4.65. The molecule has 0 aromatic carbocycles. The van der Waals surface area contributed by atoms with Crippen LogP contribution in [0.2, 0.25) is 0 Å². The van der Waals surface area contributed by atoms with Gasteiger partial charge in [-0.2, -0.15) is 10.2 Å². The van der Waals surface area contributed by atoms with Gasteiger partial charge >= 0.3 is 0 Å². The number of aromatic nitrogens is 4. The number of H-pyrrole nitrogens is 1. The lowest BCUT2D eigenvalue weighted by Crippen LogP contribution is -2.07. The molecule has 5 nitrogen and oxygen atoms in total. The highest BCUT2D eigenvalue weighted by atomic mass is 16.1. The first kappa shape index (κ1) is 7.72. The minimum atomic E-state index is -0.0752. The van der Waals surface area contributed by atoms with Crippen molar-refractivity contribution in [2.75, 3.05) is 0 Å². The average Bonchev–Trinajstić information content (AvgIpc) is 2.72. The summed E-state index contributed by atoms with van der Waals surface area (Å²) >= 11 is 0. The van der Waals surface area contributed by atoms with Crippen LogP contribution in [-0.2, 0) is 7.05 Å². The second-order valence-electron chi connectivity index (χ2n) is 2.66. The van der Waals surface area contributed by atoms with E-state index in [0.29, 0.717) is 11.3 Å². The fourth-order valence-corrected chi connectivity index (χ4v) is 1.12. The van der Waals surface area contributed by atoms with Gasteiger partial charge in [0.25, 0.3) is 0 Å². The summed E-state index contributed by atoms with van der Waals surface area (Å²) < 4.78 is 1.54. The van der Waals surface area contributed by atoms with Crippen LogP contribution in [0.4, 0.5) is 0 Å². The van der Waals surface area contributed by atoms with Crippen molar-refractivity contribution in [2.24, 2.45) is 7.05 Å². The fourth-order valence-electron chi connectivity index (χ4n) is 1.12. The van der Waals surface area contributed by atoms with E-state index in [2.05, 4.69) is 15.3 Å². The van der Waals surface area contributed by atoms with Gasteiger partial charge in [-0.15, -0.1) is 0 Å². The zero-order chi connectivity index (χ0) is 9.26. The van der Waals surface area contributed by atoms with Gasteiger partial charge in [-0.1, -0.05) is 0 Å². The molecule has 0 atom stereocenters. The van der Waals surface area contributed by atoms with Gasteiger partial charge < -0.3 is 0 Å². The standard InChI is InChI=1S/C8H8N4O/c1-12-7(2-3-11-12)8(13)6-4-9-10-5-6/h2-5H,1H3,(H,9,10). The Hall–Kier alpha value is -1.91. The second-order valence-corrected chi connectivity index (χ2v) is 2.66. The molecule has 0 bridgehead atoms. The summed E-state index contributed by atoms with van der Waals surface area (Å²) in [7, 11) is 1.73. The maximum absolute atomic E-state index is 11.7. The number of ketones is 1. The molecule has 0 saturated carbocycles. The van der Waals surface area contributed by atoms with Crippen molar-refractivity contribution < 1.29 is 4.79 Å². The van der Waals surface area contributed by atoms with E-state index in [-0.39, 0.29) is 5.78 Å². The van der Waals surface area contributed by atoms with Crippen LogP contribution in [0, 0.1) is 0 Å². The SMILES string of the molecule is Cn1nccc1C(=O)c1cn[nH]c1. The van der Waals surface area contributed by atoms with Crippen molar-refractivity contribution in [3.8, 4) is 0 Å². The predicted octanol–water partition coefficient (Wildman–Crippen LogP) is 0.374. The molecule has 13 heavy (non-hydrogen) atoms. The van der Waals surface area contributed by atoms with E-state index >= 15 is 0 Å². The van der Waals surface area contributed by atoms with E-state index in [1.54, 1.807) is 25.5 Å². The van der Waals surface area contributed by atoms with E-state index in [0.717, 1.165) is 0 Å². The molecule has 0 radical (unpaired) electrons. The lowest BCUT2D eigenvalue weighted by atomic mass is 10.2. The number of aryl methyl sites for hydroxylation is 1. The lowest BCUT2D eigenvalue weighted by molar-refractivity contribution is 0.103. The van der Waals surface area contributed by atoms with Crippen LogP contribution in [0.3, 0.4) is 0 Å². The fraction of sp³-hybridized carbons (Fsp3) is 0.125. The van der Waals surface area contributed by atoms with Crippen molar-refractivity contribution in [3.63, 3.8) is 0 Å². The molecule has 66 valence electrons. The van der Waals surface area contributed by atoms with Crippen molar-refractivity contribution >= 4 is 5.78 Å². The van der Waals surface area contributed by atoms with Gasteiger partial charge in [0.1, 0.15) is 5.69 Å². The summed E-state index contributed by atoms with van der Waals surface area (Å²) in [4.78, 5) is 11.7. The zero-order valence-electron chi connectivity index (χ0n) is 7.06. The Labute approximate surface area is 74.4 Å². The highest BCUT2D eigenvalue weighted by Crippen LogP contribution is 2.05. The molecular formula is C8H8N4O. The van der Waals surface area contributed by atoms with Crippen molar-refractivity contribution in [1.29, 1.82) is 0 Å². The molecule has 2 aromatic heterocycles. The third kappa shape index (κ3) is 1.24. The average molecular weight is 176 g/mol. The first-order valence-corrected chi connectivity index (χ1v) is 3.80. The topological polar surface area (TPSA) is 63.6 Å². The minimum Gasteiger partial charge on any atom is -0.287 e. The van der Waals surface area contributed by atoms with Crippen LogP contribution in [-0.4, -0.2) is 25.8 Å². The van der Waals surface area contributed by atoms with Gasteiger partial charge in [-0.05, 0) is 6.07 Å². The van der Waals surface area contributed by atoms with Gasteiger partial charge in [0, 0.05) is 19.4 Å². The highest BCUT2D eigenvalue weighted by Gasteiger charge is 2.12. The lowest BCUT2D eigenvalue weighted by Gasteiger charge is -1.96. The molecule has 2 rings (SSSR count). The van der Waals surface area contributed by atoms with Gasteiger partial charge in [-0.25, -0.2) is 0 Å². The molecule has 0 aliphatic rings. The van der Waals surface area contributed by atoms with Gasteiger partial charge in [0.05, 0.1) is 11.8 Å².